The minimum atomic E-state index is -0.123. The van der Waals surface area contributed by atoms with Gasteiger partial charge in [0.1, 0.15) is 17.2 Å². The van der Waals surface area contributed by atoms with E-state index in [-0.39, 0.29) is 5.91 Å². The van der Waals surface area contributed by atoms with E-state index in [4.69, 9.17) is 25.8 Å². The zero-order chi connectivity index (χ0) is 18.2. The highest BCUT2D eigenvalue weighted by molar-refractivity contribution is 9.10. The van der Waals surface area contributed by atoms with Crippen LogP contribution >= 0.6 is 27.5 Å². The monoisotopic (exact) mass is 427 g/mol. The molecule has 0 saturated carbocycles. The van der Waals surface area contributed by atoms with Gasteiger partial charge in [0, 0.05) is 23.6 Å². The minimum absolute atomic E-state index is 0.123. The number of carbonyl (C=O) groups is 1. The van der Waals surface area contributed by atoms with Gasteiger partial charge in [0.05, 0.1) is 31.0 Å². The molecule has 0 aromatic heterocycles. The predicted octanol–water partition coefficient (Wildman–Crippen LogP) is 4.92. The summed E-state index contributed by atoms with van der Waals surface area (Å²) in [5.41, 5.74) is 0.561. The Hall–Kier alpha value is -1.92. The van der Waals surface area contributed by atoms with E-state index in [1.165, 1.54) is 0 Å². The summed E-state index contributed by atoms with van der Waals surface area (Å²) in [6, 6.07) is 10.6. The summed E-state index contributed by atoms with van der Waals surface area (Å²) in [4.78, 5) is 12.1. The Balaban J connectivity index is 1.84. The molecule has 25 heavy (non-hydrogen) atoms. The van der Waals surface area contributed by atoms with Crippen molar-refractivity contribution in [2.24, 2.45) is 0 Å². The van der Waals surface area contributed by atoms with E-state index in [1.807, 2.05) is 0 Å². The average Bonchev–Trinajstić information content (AvgIpc) is 2.61. The van der Waals surface area contributed by atoms with Crippen molar-refractivity contribution in [2.75, 3.05) is 26.1 Å². The lowest BCUT2D eigenvalue weighted by molar-refractivity contribution is -0.116. The van der Waals surface area contributed by atoms with Crippen LogP contribution in [0.2, 0.25) is 5.02 Å². The maximum Gasteiger partial charge on any atom is 0.224 e. The van der Waals surface area contributed by atoms with Gasteiger partial charge in [-0.2, -0.15) is 0 Å². The second kappa shape index (κ2) is 9.53. The van der Waals surface area contributed by atoms with Gasteiger partial charge in [0.25, 0.3) is 0 Å². The van der Waals surface area contributed by atoms with Crippen LogP contribution < -0.4 is 19.5 Å². The molecule has 5 nitrogen and oxygen atoms in total. The molecule has 2 aromatic carbocycles. The second-order valence-corrected chi connectivity index (χ2v) is 6.43. The lowest BCUT2D eigenvalue weighted by atomic mass is 10.2. The molecule has 7 heteroatoms. The van der Waals surface area contributed by atoms with Crippen LogP contribution in [0.1, 0.15) is 12.8 Å². The fraction of sp³-hybridized carbons (Fsp3) is 0.278. The van der Waals surface area contributed by atoms with Crippen molar-refractivity contribution in [3.05, 3.63) is 45.9 Å². The molecule has 1 amide bonds. The summed E-state index contributed by atoms with van der Waals surface area (Å²) in [6.07, 6.45) is 0.916. The van der Waals surface area contributed by atoms with Crippen LogP contribution in [0.3, 0.4) is 0 Å². The molecule has 0 heterocycles. The summed E-state index contributed by atoms with van der Waals surface area (Å²) in [5.74, 6) is 1.77. The number of carbonyl (C=O) groups excluding carboxylic acids is 1. The Bertz CT molecular complexity index is 722. The molecular weight excluding hydrogens is 410 g/mol. The summed E-state index contributed by atoms with van der Waals surface area (Å²) >= 11 is 9.20. The van der Waals surface area contributed by atoms with E-state index in [9.17, 15) is 4.79 Å². The van der Waals surface area contributed by atoms with Gasteiger partial charge in [0.15, 0.2) is 0 Å². The Kier molecular flexibility index (Phi) is 7.40. The number of nitrogens with one attached hydrogen (secondary N) is 1. The van der Waals surface area contributed by atoms with Gasteiger partial charge >= 0.3 is 0 Å². The van der Waals surface area contributed by atoms with E-state index in [2.05, 4.69) is 21.2 Å². The highest BCUT2D eigenvalue weighted by atomic mass is 79.9. The first-order valence-corrected chi connectivity index (χ1v) is 8.80. The van der Waals surface area contributed by atoms with E-state index in [0.717, 1.165) is 10.2 Å². The van der Waals surface area contributed by atoms with E-state index in [1.54, 1.807) is 50.6 Å². The molecule has 134 valence electrons. The molecule has 0 aliphatic carbocycles. The summed E-state index contributed by atoms with van der Waals surface area (Å²) in [6.45, 7) is 0.440. The quantitative estimate of drug-likeness (QED) is 0.607. The molecular formula is C18H19BrClNO4. The number of hydrogen-bond acceptors (Lipinski definition) is 4. The highest BCUT2D eigenvalue weighted by Crippen LogP contribution is 2.36. The van der Waals surface area contributed by atoms with Crippen LogP contribution in [-0.4, -0.2) is 26.7 Å². The highest BCUT2D eigenvalue weighted by Gasteiger charge is 2.12. The second-order valence-electron chi connectivity index (χ2n) is 5.14. The van der Waals surface area contributed by atoms with Gasteiger partial charge < -0.3 is 19.5 Å². The SMILES string of the molecule is COc1cc(NC(=O)CCCOc2ccc(Cl)cc2)c(OC)cc1Br. The van der Waals surface area contributed by atoms with Gasteiger partial charge in [0.2, 0.25) is 5.91 Å². The van der Waals surface area contributed by atoms with Crippen molar-refractivity contribution in [3.63, 3.8) is 0 Å². The van der Waals surface area contributed by atoms with Crippen LogP contribution in [0.4, 0.5) is 5.69 Å². The average molecular weight is 429 g/mol. The van der Waals surface area contributed by atoms with Crippen molar-refractivity contribution in [1.29, 1.82) is 0 Å². The molecule has 0 spiro atoms. The smallest absolute Gasteiger partial charge is 0.224 e. The third-order valence-electron chi connectivity index (χ3n) is 3.38. The van der Waals surface area contributed by atoms with Gasteiger partial charge in [-0.05, 0) is 46.6 Å². The predicted molar refractivity (Wildman–Crippen MR) is 102 cm³/mol. The molecule has 0 atom stereocenters. The lowest BCUT2D eigenvalue weighted by Gasteiger charge is -2.13. The normalized spacial score (nSPS) is 10.2. The van der Waals surface area contributed by atoms with Crippen LogP contribution in [-0.2, 0) is 4.79 Å². The van der Waals surface area contributed by atoms with E-state index >= 15 is 0 Å². The Morgan fingerprint density at radius 1 is 1.12 bits per heavy atom. The Labute approximate surface area is 160 Å². The van der Waals surface area contributed by atoms with E-state index < -0.39 is 0 Å². The fourth-order valence-electron chi connectivity index (χ4n) is 2.12. The van der Waals surface area contributed by atoms with Crippen molar-refractivity contribution in [2.45, 2.75) is 12.8 Å². The zero-order valence-electron chi connectivity index (χ0n) is 14.0. The molecule has 2 aromatic rings. The third kappa shape index (κ3) is 5.83. The standard InChI is InChI=1S/C18H19BrClNO4/c1-23-16-11-15(17(24-2)10-14(16)19)21-18(22)4-3-9-25-13-7-5-12(20)6-8-13/h5-8,10-11H,3-4,9H2,1-2H3,(H,21,22). The molecule has 2 rings (SSSR count). The molecule has 0 bridgehead atoms. The number of anilines is 1. The molecule has 0 aliphatic rings. The topological polar surface area (TPSA) is 56.8 Å². The Morgan fingerprint density at radius 3 is 2.44 bits per heavy atom. The maximum atomic E-state index is 12.1. The number of benzene rings is 2. The molecule has 0 fully saturated rings. The summed E-state index contributed by atoms with van der Waals surface area (Å²) in [7, 11) is 3.11. The molecule has 1 N–H and O–H groups in total. The largest absolute Gasteiger partial charge is 0.495 e. The first-order valence-electron chi connectivity index (χ1n) is 7.63. The first kappa shape index (κ1) is 19.4. The van der Waals surface area contributed by atoms with Gasteiger partial charge in [-0.25, -0.2) is 0 Å². The van der Waals surface area contributed by atoms with Gasteiger partial charge in [-0.1, -0.05) is 11.6 Å². The number of rotatable bonds is 8. The minimum Gasteiger partial charge on any atom is -0.495 e. The molecule has 0 saturated heterocycles. The van der Waals surface area contributed by atoms with Crippen molar-refractivity contribution in [3.8, 4) is 17.2 Å². The summed E-state index contributed by atoms with van der Waals surface area (Å²) < 4.78 is 16.8. The van der Waals surface area contributed by atoms with Crippen LogP contribution in [0.15, 0.2) is 40.9 Å². The number of halogens is 2. The van der Waals surface area contributed by atoms with Crippen LogP contribution in [0.5, 0.6) is 17.2 Å². The third-order valence-corrected chi connectivity index (χ3v) is 4.25. The molecule has 0 unspecified atom stereocenters. The maximum absolute atomic E-state index is 12.1. The molecule has 0 aliphatic heterocycles. The Morgan fingerprint density at radius 2 is 1.80 bits per heavy atom. The van der Waals surface area contributed by atoms with Crippen molar-refractivity contribution >= 4 is 39.1 Å². The van der Waals surface area contributed by atoms with Crippen LogP contribution in [0.25, 0.3) is 0 Å². The number of methoxy groups -OCH3 is 2. The number of ether oxygens (including phenoxy) is 3. The lowest BCUT2D eigenvalue weighted by Crippen LogP contribution is -2.13. The fourth-order valence-corrected chi connectivity index (χ4v) is 2.73. The van der Waals surface area contributed by atoms with Gasteiger partial charge in [-0.15, -0.1) is 0 Å². The van der Waals surface area contributed by atoms with Gasteiger partial charge in [-0.3, -0.25) is 4.79 Å². The summed E-state index contributed by atoms with van der Waals surface area (Å²) in [5, 5.41) is 3.49. The first-order chi connectivity index (χ1) is 12.0. The van der Waals surface area contributed by atoms with Crippen LogP contribution in [0, 0.1) is 0 Å². The number of amides is 1. The zero-order valence-corrected chi connectivity index (χ0v) is 16.3. The van der Waals surface area contributed by atoms with E-state index in [0.29, 0.717) is 41.7 Å². The number of hydrogen-bond donors (Lipinski definition) is 1. The van der Waals surface area contributed by atoms with Crippen molar-refractivity contribution in [1.82, 2.24) is 0 Å². The molecule has 0 radical (unpaired) electrons. The van der Waals surface area contributed by atoms with Crippen molar-refractivity contribution < 1.29 is 19.0 Å².